The molecule has 0 radical (unpaired) electrons. The molecule has 1 aromatic carbocycles. The third-order valence-electron chi connectivity index (χ3n) is 2.39. The molecule has 0 saturated heterocycles. The highest BCUT2D eigenvalue weighted by Crippen LogP contribution is 2.20. The second kappa shape index (κ2) is 5.69. The van der Waals surface area contributed by atoms with Gasteiger partial charge in [0.05, 0.1) is 6.61 Å². The molecule has 0 aliphatic heterocycles. The Labute approximate surface area is 97.6 Å². The Balaban J connectivity index is 2.84. The van der Waals surface area contributed by atoms with Crippen molar-refractivity contribution in [2.45, 2.75) is 34.1 Å². The highest BCUT2D eigenvalue weighted by molar-refractivity contribution is 5.96. The van der Waals surface area contributed by atoms with E-state index in [1.54, 1.807) is 0 Å². The summed E-state index contributed by atoms with van der Waals surface area (Å²) in [6.07, 6.45) is 0.605. The van der Waals surface area contributed by atoms with E-state index >= 15 is 0 Å². The van der Waals surface area contributed by atoms with Crippen LogP contribution in [-0.4, -0.2) is 12.4 Å². The van der Waals surface area contributed by atoms with Crippen LogP contribution in [0.4, 0.5) is 0 Å². The SMILES string of the molecule is CCOc1ccc(C(=O)CC(C)C)cc1C. The third kappa shape index (κ3) is 3.37. The standard InChI is InChI=1S/C14H20O2/c1-5-16-14-7-6-12(9-11(14)4)13(15)8-10(2)3/h6-7,9-10H,5,8H2,1-4H3. The second-order valence-electron chi connectivity index (χ2n) is 4.43. The van der Waals surface area contributed by atoms with Gasteiger partial charge in [-0.15, -0.1) is 0 Å². The van der Waals surface area contributed by atoms with Crippen LogP contribution in [-0.2, 0) is 0 Å². The van der Waals surface area contributed by atoms with Gasteiger partial charge in [-0.25, -0.2) is 0 Å². The lowest BCUT2D eigenvalue weighted by Crippen LogP contribution is -2.04. The number of ketones is 1. The summed E-state index contributed by atoms with van der Waals surface area (Å²) in [6.45, 7) is 8.69. The van der Waals surface area contributed by atoms with Crippen molar-refractivity contribution >= 4 is 5.78 Å². The number of benzene rings is 1. The number of rotatable bonds is 5. The first kappa shape index (κ1) is 12.8. The van der Waals surface area contributed by atoms with Crippen LogP contribution in [0.25, 0.3) is 0 Å². The van der Waals surface area contributed by atoms with E-state index in [1.807, 2.05) is 32.0 Å². The summed E-state index contributed by atoms with van der Waals surface area (Å²) in [5.74, 6) is 1.48. The van der Waals surface area contributed by atoms with Crippen LogP contribution < -0.4 is 4.74 Å². The van der Waals surface area contributed by atoms with Crippen molar-refractivity contribution in [2.75, 3.05) is 6.61 Å². The first-order valence-electron chi connectivity index (χ1n) is 5.81. The van der Waals surface area contributed by atoms with Gasteiger partial charge in [-0.05, 0) is 43.5 Å². The number of hydrogen-bond acceptors (Lipinski definition) is 2. The highest BCUT2D eigenvalue weighted by Gasteiger charge is 2.09. The summed E-state index contributed by atoms with van der Waals surface area (Å²) in [5.41, 5.74) is 1.81. The Bertz CT molecular complexity index is 367. The first-order chi connectivity index (χ1) is 7.54. The normalized spacial score (nSPS) is 10.6. The molecule has 2 heteroatoms. The maximum atomic E-state index is 11.8. The highest BCUT2D eigenvalue weighted by atomic mass is 16.5. The Morgan fingerprint density at radius 3 is 2.56 bits per heavy atom. The number of carbonyl (C=O) groups excluding carboxylic acids is 1. The Hall–Kier alpha value is -1.31. The summed E-state index contributed by atoms with van der Waals surface area (Å²) in [4.78, 5) is 11.8. The van der Waals surface area contributed by atoms with Gasteiger partial charge in [0.2, 0.25) is 0 Å². The molecule has 2 nitrogen and oxygen atoms in total. The maximum Gasteiger partial charge on any atom is 0.163 e. The van der Waals surface area contributed by atoms with Crippen LogP contribution >= 0.6 is 0 Å². The van der Waals surface area contributed by atoms with Gasteiger partial charge in [-0.2, -0.15) is 0 Å². The van der Waals surface area contributed by atoms with E-state index in [2.05, 4.69) is 13.8 Å². The molecular formula is C14H20O2. The van der Waals surface area contributed by atoms with Gasteiger partial charge in [-0.3, -0.25) is 4.79 Å². The van der Waals surface area contributed by atoms with E-state index in [-0.39, 0.29) is 5.78 Å². The molecule has 0 amide bonds. The van der Waals surface area contributed by atoms with Gasteiger partial charge in [0.25, 0.3) is 0 Å². The van der Waals surface area contributed by atoms with Crippen molar-refractivity contribution in [3.05, 3.63) is 29.3 Å². The zero-order valence-electron chi connectivity index (χ0n) is 10.5. The smallest absolute Gasteiger partial charge is 0.163 e. The zero-order chi connectivity index (χ0) is 12.1. The lowest BCUT2D eigenvalue weighted by molar-refractivity contribution is 0.0967. The molecule has 1 rings (SSSR count). The van der Waals surface area contributed by atoms with E-state index in [0.29, 0.717) is 18.9 Å². The van der Waals surface area contributed by atoms with Gasteiger partial charge in [0.15, 0.2) is 5.78 Å². The number of Topliss-reactive ketones (excluding diaryl/α,β-unsaturated/α-hetero) is 1. The quantitative estimate of drug-likeness (QED) is 0.708. The van der Waals surface area contributed by atoms with Crippen molar-refractivity contribution in [1.82, 2.24) is 0 Å². The van der Waals surface area contributed by atoms with Crippen LogP contribution in [0.5, 0.6) is 5.75 Å². The number of aryl methyl sites for hydroxylation is 1. The third-order valence-corrected chi connectivity index (χ3v) is 2.39. The molecule has 0 aromatic heterocycles. The minimum Gasteiger partial charge on any atom is -0.494 e. The molecule has 0 saturated carbocycles. The second-order valence-corrected chi connectivity index (χ2v) is 4.43. The van der Waals surface area contributed by atoms with Crippen molar-refractivity contribution < 1.29 is 9.53 Å². The Kier molecular flexibility index (Phi) is 4.53. The molecule has 0 heterocycles. The van der Waals surface area contributed by atoms with Crippen LogP contribution in [0.3, 0.4) is 0 Å². The van der Waals surface area contributed by atoms with Gasteiger partial charge in [-0.1, -0.05) is 13.8 Å². The molecule has 1 aromatic rings. The minimum atomic E-state index is 0.209. The summed E-state index contributed by atoms with van der Waals surface area (Å²) in [5, 5.41) is 0. The molecule has 0 fully saturated rings. The molecule has 0 aliphatic rings. The Morgan fingerprint density at radius 2 is 2.06 bits per heavy atom. The monoisotopic (exact) mass is 220 g/mol. The predicted molar refractivity (Wildman–Crippen MR) is 66.1 cm³/mol. The van der Waals surface area contributed by atoms with Gasteiger partial charge < -0.3 is 4.74 Å². The number of ether oxygens (including phenoxy) is 1. The van der Waals surface area contributed by atoms with Gasteiger partial charge in [0.1, 0.15) is 5.75 Å². The van der Waals surface area contributed by atoms with Crippen LogP contribution in [0.15, 0.2) is 18.2 Å². The zero-order valence-corrected chi connectivity index (χ0v) is 10.5. The van der Waals surface area contributed by atoms with Crippen molar-refractivity contribution in [3.63, 3.8) is 0 Å². The van der Waals surface area contributed by atoms with Gasteiger partial charge in [0, 0.05) is 12.0 Å². The molecule has 0 spiro atoms. The summed E-state index contributed by atoms with van der Waals surface area (Å²) >= 11 is 0. The van der Waals surface area contributed by atoms with Crippen molar-refractivity contribution in [1.29, 1.82) is 0 Å². The van der Waals surface area contributed by atoms with E-state index in [4.69, 9.17) is 4.74 Å². The summed E-state index contributed by atoms with van der Waals surface area (Å²) in [6, 6.07) is 5.64. The van der Waals surface area contributed by atoms with Crippen molar-refractivity contribution in [3.8, 4) is 5.75 Å². The average Bonchev–Trinajstić information content (AvgIpc) is 2.20. The lowest BCUT2D eigenvalue weighted by Gasteiger charge is -2.09. The fraction of sp³-hybridized carbons (Fsp3) is 0.500. The molecular weight excluding hydrogens is 200 g/mol. The van der Waals surface area contributed by atoms with E-state index < -0.39 is 0 Å². The lowest BCUT2D eigenvalue weighted by atomic mass is 10.00. The van der Waals surface area contributed by atoms with E-state index in [1.165, 1.54) is 0 Å². The van der Waals surface area contributed by atoms with Crippen LogP contribution in [0, 0.1) is 12.8 Å². The van der Waals surface area contributed by atoms with Gasteiger partial charge >= 0.3 is 0 Å². The van der Waals surface area contributed by atoms with Crippen LogP contribution in [0.1, 0.15) is 43.1 Å². The molecule has 0 bridgehead atoms. The average molecular weight is 220 g/mol. The minimum absolute atomic E-state index is 0.209. The number of carbonyl (C=O) groups is 1. The largest absolute Gasteiger partial charge is 0.494 e. The molecule has 0 aliphatic carbocycles. The first-order valence-corrected chi connectivity index (χ1v) is 5.81. The molecule has 16 heavy (non-hydrogen) atoms. The Morgan fingerprint density at radius 1 is 1.38 bits per heavy atom. The topological polar surface area (TPSA) is 26.3 Å². The molecule has 88 valence electrons. The summed E-state index contributed by atoms with van der Waals surface area (Å²) < 4.78 is 5.44. The summed E-state index contributed by atoms with van der Waals surface area (Å²) in [7, 11) is 0. The predicted octanol–water partition coefficient (Wildman–Crippen LogP) is 3.62. The molecule has 0 atom stereocenters. The fourth-order valence-electron chi connectivity index (χ4n) is 1.63. The van der Waals surface area contributed by atoms with E-state index in [9.17, 15) is 4.79 Å². The molecule has 0 unspecified atom stereocenters. The number of hydrogen-bond donors (Lipinski definition) is 0. The van der Waals surface area contributed by atoms with E-state index in [0.717, 1.165) is 16.9 Å². The van der Waals surface area contributed by atoms with Crippen LogP contribution in [0.2, 0.25) is 0 Å². The fourth-order valence-corrected chi connectivity index (χ4v) is 1.63. The molecule has 0 N–H and O–H groups in total. The maximum absolute atomic E-state index is 11.8. The van der Waals surface area contributed by atoms with Crippen molar-refractivity contribution in [2.24, 2.45) is 5.92 Å².